The van der Waals surface area contributed by atoms with Gasteiger partial charge in [0.05, 0.1) is 44.3 Å². The summed E-state index contributed by atoms with van der Waals surface area (Å²) in [6.07, 6.45) is 1.54. The Kier molecular flexibility index (Phi) is 5.13. The van der Waals surface area contributed by atoms with Crippen LogP contribution in [-0.4, -0.2) is 36.8 Å². The zero-order valence-corrected chi connectivity index (χ0v) is 15.1. The Morgan fingerprint density at radius 2 is 1.89 bits per heavy atom. The van der Waals surface area contributed by atoms with Gasteiger partial charge in [0.2, 0.25) is 11.7 Å². The van der Waals surface area contributed by atoms with Crippen LogP contribution >= 0.6 is 0 Å². The van der Waals surface area contributed by atoms with Gasteiger partial charge in [-0.15, -0.1) is 0 Å². The SMILES string of the molecule is COc1cc(NC(=O)Cn2cnc3cccc(C#N)c32)cc(OC)c1OC. The second kappa shape index (κ2) is 7.66. The average molecular weight is 366 g/mol. The first-order valence-electron chi connectivity index (χ1n) is 8.05. The largest absolute Gasteiger partial charge is 0.493 e. The number of nitrogens with zero attached hydrogens (tertiary/aromatic N) is 3. The van der Waals surface area contributed by atoms with Crippen LogP contribution in [0.2, 0.25) is 0 Å². The highest BCUT2D eigenvalue weighted by Crippen LogP contribution is 2.39. The van der Waals surface area contributed by atoms with Crippen LogP contribution in [-0.2, 0) is 11.3 Å². The Morgan fingerprint density at radius 1 is 1.19 bits per heavy atom. The van der Waals surface area contributed by atoms with Crippen LogP contribution in [0.1, 0.15) is 5.56 Å². The number of aromatic nitrogens is 2. The molecule has 1 aromatic heterocycles. The minimum absolute atomic E-state index is 0.00581. The molecule has 0 bridgehead atoms. The van der Waals surface area contributed by atoms with E-state index in [1.54, 1.807) is 41.2 Å². The van der Waals surface area contributed by atoms with Crippen molar-refractivity contribution in [3.63, 3.8) is 0 Å². The van der Waals surface area contributed by atoms with E-state index in [9.17, 15) is 10.1 Å². The summed E-state index contributed by atoms with van der Waals surface area (Å²) in [4.78, 5) is 16.8. The molecule has 1 amide bonds. The lowest BCUT2D eigenvalue weighted by Crippen LogP contribution is -2.18. The number of hydrogen-bond donors (Lipinski definition) is 1. The van der Waals surface area contributed by atoms with Gasteiger partial charge in [-0.1, -0.05) is 6.07 Å². The number of hydrogen-bond acceptors (Lipinski definition) is 6. The minimum Gasteiger partial charge on any atom is -0.493 e. The van der Waals surface area contributed by atoms with Gasteiger partial charge in [-0.05, 0) is 12.1 Å². The molecule has 0 atom stereocenters. The molecule has 138 valence electrons. The Labute approximate surface area is 155 Å². The van der Waals surface area contributed by atoms with E-state index in [0.717, 1.165) is 0 Å². The van der Waals surface area contributed by atoms with Crippen molar-refractivity contribution in [3.05, 3.63) is 42.2 Å². The zero-order chi connectivity index (χ0) is 19.4. The number of amides is 1. The molecule has 0 spiro atoms. The van der Waals surface area contributed by atoms with E-state index in [2.05, 4.69) is 16.4 Å². The number of carbonyl (C=O) groups is 1. The third-order valence-corrected chi connectivity index (χ3v) is 4.02. The van der Waals surface area contributed by atoms with Gasteiger partial charge in [0.25, 0.3) is 0 Å². The van der Waals surface area contributed by atoms with Gasteiger partial charge in [0.15, 0.2) is 11.5 Å². The van der Waals surface area contributed by atoms with Crippen molar-refractivity contribution >= 4 is 22.6 Å². The Bertz CT molecular complexity index is 1010. The summed E-state index contributed by atoms with van der Waals surface area (Å²) < 4.78 is 17.5. The monoisotopic (exact) mass is 366 g/mol. The van der Waals surface area contributed by atoms with E-state index in [1.807, 2.05) is 0 Å². The van der Waals surface area contributed by atoms with Crippen molar-refractivity contribution in [1.29, 1.82) is 5.26 Å². The van der Waals surface area contributed by atoms with Crippen molar-refractivity contribution in [1.82, 2.24) is 9.55 Å². The van der Waals surface area contributed by atoms with Gasteiger partial charge in [-0.25, -0.2) is 4.98 Å². The minimum atomic E-state index is -0.281. The van der Waals surface area contributed by atoms with Gasteiger partial charge in [-0.2, -0.15) is 5.26 Å². The second-order valence-corrected chi connectivity index (χ2v) is 5.62. The molecule has 3 rings (SSSR count). The number of benzene rings is 2. The van der Waals surface area contributed by atoms with E-state index in [4.69, 9.17) is 14.2 Å². The first-order valence-corrected chi connectivity index (χ1v) is 8.05. The lowest BCUT2D eigenvalue weighted by Gasteiger charge is -2.15. The first kappa shape index (κ1) is 18.1. The highest BCUT2D eigenvalue weighted by Gasteiger charge is 2.15. The number of nitrogens with one attached hydrogen (secondary N) is 1. The Hall–Kier alpha value is -3.73. The number of para-hydroxylation sites is 1. The second-order valence-electron chi connectivity index (χ2n) is 5.62. The number of nitriles is 1. The summed E-state index contributed by atoms with van der Waals surface area (Å²) in [5.74, 6) is 1.03. The maximum absolute atomic E-state index is 12.5. The average Bonchev–Trinajstić information content (AvgIpc) is 3.09. The van der Waals surface area contributed by atoms with Gasteiger partial charge in [-0.3, -0.25) is 4.79 Å². The van der Waals surface area contributed by atoms with Crippen LogP contribution < -0.4 is 19.5 Å². The number of carbonyl (C=O) groups excluding carboxylic acids is 1. The molecule has 0 saturated carbocycles. The topological polar surface area (TPSA) is 98.4 Å². The normalized spacial score (nSPS) is 10.3. The smallest absolute Gasteiger partial charge is 0.244 e. The number of imidazole rings is 1. The first-order chi connectivity index (χ1) is 13.1. The Balaban J connectivity index is 1.86. The maximum atomic E-state index is 12.5. The molecule has 0 fully saturated rings. The summed E-state index contributed by atoms with van der Waals surface area (Å²) in [5, 5.41) is 12.1. The Morgan fingerprint density at radius 3 is 2.48 bits per heavy atom. The highest BCUT2D eigenvalue weighted by molar-refractivity contribution is 5.93. The highest BCUT2D eigenvalue weighted by atomic mass is 16.5. The van der Waals surface area contributed by atoms with Crippen LogP contribution in [0, 0.1) is 11.3 Å². The molecular weight excluding hydrogens is 348 g/mol. The van der Waals surface area contributed by atoms with Crippen LogP contribution in [0.15, 0.2) is 36.7 Å². The third kappa shape index (κ3) is 3.48. The van der Waals surface area contributed by atoms with Crippen molar-refractivity contribution in [3.8, 4) is 23.3 Å². The molecule has 1 heterocycles. The summed E-state index contributed by atoms with van der Waals surface area (Å²) in [6, 6.07) is 10.7. The zero-order valence-electron chi connectivity index (χ0n) is 15.1. The predicted octanol–water partition coefficient (Wildman–Crippen LogP) is 2.57. The van der Waals surface area contributed by atoms with E-state index < -0.39 is 0 Å². The third-order valence-electron chi connectivity index (χ3n) is 4.02. The summed E-state index contributed by atoms with van der Waals surface area (Å²) >= 11 is 0. The lowest BCUT2D eigenvalue weighted by atomic mass is 10.2. The van der Waals surface area contributed by atoms with Gasteiger partial charge < -0.3 is 24.1 Å². The van der Waals surface area contributed by atoms with Gasteiger partial charge in [0.1, 0.15) is 12.6 Å². The van der Waals surface area contributed by atoms with Crippen LogP contribution in [0.4, 0.5) is 5.69 Å². The quantitative estimate of drug-likeness (QED) is 0.720. The molecule has 8 nitrogen and oxygen atoms in total. The standard InChI is InChI=1S/C19H18N4O4/c1-25-15-7-13(8-16(26-2)19(15)27-3)22-17(24)10-23-11-21-14-6-4-5-12(9-20)18(14)23/h4-8,11H,10H2,1-3H3,(H,22,24). The molecule has 2 aromatic carbocycles. The molecule has 3 aromatic rings. The van der Waals surface area contributed by atoms with E-state index in [1.165, 1.54) is 21.3 Å². The van der Waals surface area contributed by atoms with Crippen LogP contribution in [0.25, 0.3) is 11.0 Å². The van der Waals surface area contributed by atoms with Crippen molar-refractivity contribution < 1.29 is 19.0 Å². The fourth-order valence-electron chi connectivity index (χ4n) is 2.85. The van der Waals surface area contributed by atoms with E-state index in [-0.39, 0.29) is 12.5 Å². The molecule has 27 heavy (non-hydrogen) atoms. The fraction of sp³-hybridized carbons (Fsp3) is 0.211. The fourth-order valence-corrected chi connectivity index (χ4v) is 2.85. The molecular formula is C19H18N4O4. The van der Waals surface area contributed by atoms with Crippen LogP contribution in [0.3, 0.4) is 0 Å². The molecule has 0 aliphatic carbocycles. The van der Waals surface area contributed by atoms with Crippen molar-refractivity contribution in [2.75, 3.05) is 26.6 Å². The van der Waals surface area contributed by atoms with Crippen molar-refractivity contribution in [2.24, 2.45) is 0 Å². The molecule has 8 heteroatoms. The van der Waals surface area contributed by atoms with E-state index >= 15 is 0 Å². The van der Waals surface area contributed by atoms with Gasteiger partial charge in [0, 0.05) is 17.8 Å². The predicted molar refractivity (Wildman–Crippen MR) is 99.2 cm³/mol. The van der Waals surface area contributed by atoms with Crippen LogP contribution in [0.5, 0.6) is 17.2 Å². The summed E-state index contributed by atoms with van der Waals surface area (Å²) in [7, 11) is 4.52. The molecule has 0 unspecified atom stereocenters. The lowest BCUT2D eigenvalue weighted by molar-refractivity contribution is -0.116. The number of anilines is 1. The maximum Gasteiger partial charge on any atom is 0.244 e. The molecule has 0 radical (unpaired) electrons. The van der Waals surface area contributed by atoms with E-state index in [0.29, 0.717) is 39.5 Å². The summed E-state index contributed by atoms with van der Waals surface area (Å²) in [5.41, 5.74) is 2.25. The number of rotatable bonds is 6. The number of methoxy groups -OCH3 is 3. The van der Waals surface area contributed by atoms with Gasteiger partial charge >= 0.3 is 0 Å². The molecule has 0 saturated heterocycles. The molecule has 0 aliphatic rings. The van der Waals surface area contributed by atoms with Crippen molar-refractivity contribution in [2.45, 2.75) is 6.54 Å². The number of fused-ring (bicyclic) bond motifs is 1. The number of ether oxygens (including phenoxy) is 3. The summed E-state index contributed by atoms with van der Waals surface area (Å²) in [6.45, 7) is 0.00581. The molecule has 1 N–H and O–H groups in total. The molecule has 0 aliphatic heterocycles.